The topological polar surface area (TPSA) is 76.9 Å². The van der Waals surface area contributed by atoms with Gasteiger partial charge in [-0.1, -0.05) is 61.5 Å². The highest BCUT2D eigenvalue weighted by Crippen LogP contribution is 2.26. The Kier molecular flexibility index (Phi) is 7.05. The van der Waals surface area contributed by atoms with Crippen LogP contribution in [0.25, 0.3) is 11.4 Å². The van der Waals surface area contributed by atoms with E-state index in [0.29, 0.717) is 22.3 Å². The smallest absolute Gasteiger partial charge is 0.234 e. The third-order valence-corrected chi connectivity index (χ3v) is 5.39. The fourth-order valence-electron chi connectivity index (χ4n) is 3.07. The molecule has 30 heavy (non-hydrogen) atoms. The Balaban J connectivity index is 1.74. The van der Waals surface area contributed by atoms with E-state index in [1.165, 1.54) is 18.7 Å². The number of carbonyl (C=O) groups excluding carboxylic acids is 2. The van der Waals surface area contributed by atoms with Crippen molar-refractivity contribution in [3.8, 4) is 11.4 Å². The summed E-state index contributed by atoms with van der Waals surface area (Å²) in [6.07, 6.45) is 0. The maximum Gasteiger partial charge on any atom is 0.234 e. The predicted octanol–water partition coefficient (Wildman–Crippen LogP) is 4.84. The van der Waals surface area contributed by atoms with E-state index in [0.717, 1.165) is 23.5 Å². The van der Waals surface area contributed by atoms with Gasteiger partial charge in [0.1, 0.15) is 0 Å². The van der Waals surface area contributed by atoms with Crippen LogP contribution in [0.2, 0.25) is 0 Å². The van der Waals surface area contributed by atoms with Gasteiger partial charge in [-0.2, -0.15) is 0 Å². The van der Waals surface area contributed by atoms with E-state index in [4.69, 9.17) is 0 Å². The molecule has 0 aliphatic heterocycles. The maximum absolute atomic E-state index is 12.4. The average Bonchev–Trinajstić information content (AvgIpc) is 3.08. The molecule has 0 saturated heterocycles. The molecule has 0 bridgehead atoms. The number of aryl methyl sites for hydroxylation is 1. The lowest BCUT2D eigenvalue weighted by Crippen LogP contribution is -2.15. The van der Waals surface area contributed by atoms with Crippen LogP contribution in [0.15, 0.2) is 53.7 Å². The SMILES string of the molecule is CC(=O)c1cccc(NC(=O)CSc2nnc(-c3cccc(C)c3)n2CC(C)C)c1. The fraction of sp³-hybridized carbons (Fsp3) is 0.304. The predicted molar refractivity (Wildman–Crippen MR) is 121 cm³/mol. The van der Waals surface area contributed by atoms with Crippen molar-refractivity contribution < 1.29 is 9.59 Å². The standard InChI is InChI=1S/C23H26N4O2S/c1-15(2)13-27-22(19-9-5-7-16(3)11-19)25-26-23(27)30-14-21(29)24-20-10-6-8-18(12-20)17(4)28/h5-12,15H,13-14H2,1-4H3,(H,24,29). The number of carbonyl (C=O) groups is 2. The molecule has 1 amide bonds. The summed E-state index contributed by atoms with van der Waals surface area (Å²) >= 11 is 1.36. The molecular weight excluding hydrogens is 396 g/mol. The molecule has 1 aromatic heterocycles. The largest absolute Gasteiger partial charge is 0.325 e. The molecule has 1 N–H and O–H groups in total. The molecule has 0 radical (unpaired) electrons. The Hall–Kier alpha value is -2.93. The number of ketones is 1. The van der Waals surface area contributed by atoms with Gasteiger partial charge in [0.05, 0.1) is 5.75 Å². The first kappa shape index (κ1) is 21.8. The molecule has 0 fully saturated rings. The second-order valence-electron chi connectivity index (χ2n) is 7.65. The van der Waals surface area contributed by atoms with Gasteiger partial charge in [-0.05, 0) is 38.0 Å². The van der Waals surface area contributed by atoms with E-state index >= 15 is 0 Å². The van der Waals surface area contributed by atoms with Gasteiger partial charge in [0, 0.05) is 23.4 Å². The first-order chi connectivity index (χ1) is 14.3. The Bertz CT molecular complexity index is 1060. The number of anilines is 1. The third kappa shape index (κ3) is 5.57. The fourth-order valence-corrected chi connectivity index (χ4v) is 3.81. The minimum Gasteiger partial charge on any atom is -0.325 e. The van der Waals surface area contributed by atoms with Crippen LogP contribution < -0.4 is 5.32 Å². The van der Waals surface area contributed by atoms with E-state index in [2.05, 4.69) is 40.0 Å². The van der Waals surface area contributed by atoms with E-state index in [1.807, 2.05) is 25.1 Å². The minimum atomic E-state index is -0.156. The van der Waals surface area contributed by atoms with Gasteiger partial charge in [-0.25, -0.2) is 0 Å². The van der Waals surface area contributed by atoms with Crippen LogP contribution in [0.4, 0.5) is 5.69 Å². The number of hydrogen-bond acceptors (Lipinski definition) is 5. The number of aromatic nitrogens is 3. The van der Waals surface area contributed by atoms with Crippen LogP contribution in [-0.2, 0) is 11.3 Å². The lowest BCUT2D eigenvalue weighted by Gasteiger charge is -2.13. The molecule has 1 heterocycles. The lowest BCUT2D eigenvalue weighted by molar-refractivity contribution is -0.113. The van der Waals surface area contributed by atoms with Gasteiger partial charge < -0.3 is 9.88 Å². The summed E-state index contributed by atoms with van der Waals surface area (Å²) in [7, 11) is 0. The number of Topliss-reactive ketones (excluding diaryl/α,β-unsaturated/α-hetero) is 1. The van der Waals surface area contributed by atoms with Crippen molar-refractivity contribution in [2.75, 3.05) is 11.1 Å². The molecule has 0 aliphatic rings. The quantitative estimate of drug-likeness (QED) is 0.415. The molecule has 3 aromatic rings. The first-order valence-electron chi connectivity index (χ1n) is 9.87. The summed E-state index contributed by atoms with van der Waals surface area (Å²) in [5, 5.41) is 12.3. The third-order valence-electron chi connectivity index (χ3n) is 4.43. The number of hydrogen-bond donors (Lipinski definition) is 1. The van der Waals surface area contributed by atoms with Crippen LogP contribution in [0.3, 0.4) is 0 Å². The highest BCUT2D eigenvalue weighted by Gasteiger charge is 2.17. The maximum atomic E-state index is 12.4. The highest BCUT2D eigenvalue weighted by atomic mass is 32.2. The molecule has 6 nitrogen and oxygen atoms in total. The van der Waals surface area contributed by atoms with Crippen LogP contribution in [0, 0.1) is 12.8 Å². The van der Waals surface area contributed by atoms with Crippen molar-refractivity contribution >= 4 is 29.1 Å². The van der Waals surface area contributed by atoms with Crippen LogP contribution >= 0.6 is 11.8 Å². The number of benzene rings is 2. The Morgan fingerprint density at radius 3 is 2.57 bits per heavy atom. The molecular formula is C23H26N4O2S. The summed E-state index contributed by atoms with van der Waals surface area (Å²) < 4.78 is 2.08. The summed E-state index contributed by atoms with van der Waals surface area (Å²) in [5.74, 6) is 1.23. The zero-order chi connectivity index (χ0) is 21.7. The van der Waals surface area contributed by atoms with Gasteiger partial charge in [0.2, 0.25) is 5.91 Å². The molecule has 156 valence electrons. The average molecular weight is 423 g/mol. The van der Waals surface area contributed by atoms with Crippen LogP contribution in [-0.4, -0.2) is 32.2 Å². The minimum absolute atomic E-state index is 0.0362. The summed E-state index contributed by atoms with van der Waals surface area (Å²) in [4.78, 5) is 24.0. The van der Waals surface area contributed by atoms with Crippen LogP contribution in [0.1, 0.15) is 36.7 Å². The Labute approximate surface area is 181 Å². The molecule has 7 heteroatoms. The number of thioether (sulfide) groups is 1. The van der Waals surface area contributed by atoms with Crippen molar-refractivity contribution in [3.63, 3.8) is 0 Å². The zero-order valence-corrected chi connectivity index (χ0v) is 18.5. The summed E-state index contributed by atoms with van der Waals surface area (Å²) in [5.41, 5.74) is 3.35. The molecule has 0 aliphatic carbocycles. The second kappa shape index (κ2) is 9.71. The van der Waals surface area contributed by atoms with Crippen molar-refractivity contribution in [1.82, 2.24) is 14.8 Å². The highest BCUT2D eigenvalue weighted by molar-refractivity contribution is 7.99. The van der Waals surface area contributed by atoms with E-state index in [-0.39, 0.29) is 17.4 Å². The summed E-state index contributed by atoms with van der Waals surface area (Å²) in [6, 6.07) is 15.1. The van der Waals surface area contributed by atoms with Crippen molar-refractivity contribution in [3.05, 3.63) is 59.7 Å². The summed E-state index contributed by atoms with van der Waals surface area (Å²) in [6.45, 7) is 8.60. The molecule has 0 spiro atoms. The van der Waals surface area contributed by atoms with Gasteiger partial charge in [-0.3, -0.25) is 9.59 Å². The molecule has 3 rings (SSSR count). The van der Waals surface area contributed by atoms with Crippen molar-refractivity contribution in [1.29, 1.82) is 0 Å². The van der Waals surface area contributed by atoms with Gasteiger partial charge >= 0.3 is 0 Å². The first-order valence-corrected chi connectivity index (χ1v) is 10.9. The monoisotopic (exact) mass is 422 g/mol. The zero-order valence-electron chi connectivity index (χ0n) is 17.7. The Morgan fingerprint density at radius 1 is 1.10 bits per heavy atom. The molecule has 0 atom stereocenters. The van der Waals surface area contributed by atoms with Gasteiger partial charge in [-0.15, -0.1) is 10.2 Å². The lowest BCUT2D eigenvalue weighted by atomic mass is 10.1. The van der Waals surface area contributed by atoms with Crippen molar-refractivity contribution in [2.45, 2.75) is 39.4 Å². The normalized spacial score (nSPS) is 11.0. The second-order valence-corrected chi connectivity index (χ2v) is 8.60. The number of amides is 1. The van der Waals surface area contributed by atoms with E-state index in [1.54, 1.807) is 24.3 Å². The number of rotatable bonds is 8. The molecule has 0 unspecified atom stereocenters. The Morgan fingerprint density at radius 2 is 1.87 bits per heavy atom. The molecule has 2 aromatic carbocycles. The van der Waals surface area contributed by atoms with E-state index in [9.17, 15) is 9.59 Å². The van der Waals surface area contributed by atoms with Crippen molar-refractivity contribution in [2.24, 2.45) is 5.92 Å². The van der Waals surface area contributed by atoms with E-state index < -0.39 is 0 Å². The number of nitrogens with zero attached hydrogens (tertiary/aromatic N) is 3. The van der Waals surface area contributed by atoms with Gasteiger partial charge in [0.15, 0.2) is 16.8 Å². The van der Waals surface area contributed by atoms with Gasteiger partial charge in [0.25, 0.3) is 0 Å². The molecule has 0 saturated carbocycles. The number of nitrogens with one attached hydrogen (secondary N) is 1. The van der Waals surface area contributed by atoms with Crippen LogP contribution in [0.5, 0.6) is 0 Å².